The van der Waals surface area contributed by atoms with Gasteiger partial charge in [-0.3, -0.25) is 14.7 Å². The fraction of sp³-hybridized carbons (Fsp3) is 0.909. The molecule has 3 aliphatic rings. The Kier molecular flexibility index (Phi) is 12.4. The van der Waals surface area contributed by atoms with E-state index in [4.69, 9.17) is 14.5 Å². The van der Waals surface area contributed by atoms with Gasteiger partial charge in [-0.15, -0.1) is 24.0 Å². The molecule has 1 N–H and O–H groups in total. The molecule has 0 bridgehead atoms. The number of amides is 1. The monoisotopic (exact) mass is 551 g/mol. The maximum Gasteiger partial charge on any atom is 0.239 e. The number of carbonyl (C=O) groups excluding carboxylic acids is 1. The van der Waals surface area contributed by atoms with Crippen LogP contribution in [0.1, 0.15) is 39.5 Å². The summed E-state index contributed by atoms with van der Waals surface area (Å²) in [4.78, 5) is 24.2. The number of nitrogens with zero attached hydrogens (tertiary/aromatic N) is 4. The van der Waals surface area contributed by atoms with E-state index in [1.165, 1.54) is 0 Å². The van der Waals surface area contributed by atoms with Crippen molar-refractivity contribution >= 4 is 35.8 Å². The Bertz CT molecular complexity index is 545. The largest absolute Gasteiger partial charge is 0.381 e. The van der Waals surface area contributed by atoms with E-state index in [2.05, 4.69) is 29.0 Å². The Morgan fingerprint density at radius 1 is 1.16 bits per heavy atom. The van der Waals surface area contributed by atoms with E-state index in [1.54, 1.807) is 0 Å². The number of aliphatic imine (C=N–C) groups is 1. The molecule has 2 unspecified atom stereocenters. The number of likely N-dealkylation sites (tertiary alicyclic amines) is 1. The van der Waals surface area contributed by atoms with Crippen molar-refractivity contribution in [3.05, 3.63) is 0 Å². The van der Waals surface area contributed by atoms with E-state index < -0.39 is 0 Å². The Labute approximate surface area is 205 Å². The Balaban J connectivity index is 0.00000341. The van der Waals surface area contributed by atoms with Crippen molar-refractivity contribution in [3.63, 3.8) is 0 Å². The van der Waals surface area contributed by atoms with Crippen molar-refractivity contribution in [1.29, 1.82) is 0 Å². The lowest BCUT2D eigenvalue weighted by Gasteiger charge is -2.39. The van der Waals surface area contributed by atoms with Gasteiger partial charge in [0.1, 0.15) is 0 Å². The number of guanidine groups is 1. The second-order valence-electron chi connectivity index (χ2n) is 8.63. The number of carbonyl (C=O) groups is 1. The molecule has 0 aromatic heterocycles. The zero-order valence-corrected chi connectivity index (χ0v) is 21.7. The average Bonchev–Trinajstić information content (AvgIpc) is 3.49. The van der Waals surface area contributed by atoms with Crippen molar-refractivity contribution in [2.75, 3.05) is 78.8 Å². The molecule has 3 rings (SSSR count). The normalized spacial score (nSPS) is 23.7. The van der Waals surface area contributed by atoms with Crippen LogP contribution in [0.5, 0.6) is 0 Å². The molecule has 0 aromatic rings. The minimum atomic E-state index is -0.0211. The van der Waals surface area contributed by atoms with Gasteiger partial charge in [-0.1, -0.05) is 0 Å². The number of rotatable bonds is 9. The first-order chi connectivity index (χ1) is 14.7. The van der Waals surface area contributed by atoms with E-state index in [1.807, 2.05) is 4.90 Å². The third kappa shape index (κ3) is 8.33. The molecule has 0 aromatic carbocycles. The van der Waals surface area contributed by atoms with E-state index in [0.29, 0.717) is 11.8 Å². The molecule has 3 heterocycles. The second-order valence-corrected chi connectivity index (χ2v) is 8.63. The summed E-state index contributed by atoms with van der Waals surface area (Å²) in [5.74, 6) is 1.85. The number of hydrogen-bond acceptors (Lipinski definition) is 5. The van der Waals surface area contributed by atoms with E-state index >= 15 is 0 Å². The lowest BCUT2D eigenvalue weighted by atomic mass is 10.1. The zero-order valence-electron chi connectivity index (χ0n) is 19.4. The molecule has 8 nitrogen and oxygen atoms in total. The molecule has 180 valence electrons. The van der Waals surface area contributed by atoms with Gasteiger partial charge in [-0.05, 0) is 39.5 Å². The fourth-order valence-electron chi connectivity index (χ4n) is 4.42. The SMILES string of the molecule is CCNC(=NCCCOCC1CCOC1)N1CCN(C(C)C(=O)N2CCCC2)CC1.I. The van der Waals surface area contributed by atoms with E-state index in [-0.39, 0.29) is 30.0 Å². The van der Waals surface area contributed by atoms with Crippen LogP contribution in [0.3, 0.4) is 0 Å². The van der Waals surface area contributed by atoms with E-state index in [0.717, 1.165) is 110 Å². The Hall–Kier alpha value is -0.650. The summed E-state index contributed by atoms with van der Waals surface area (Å²) < 4.78 is 11.2. The van der Waals surface area contributed by atoms with Crippen LogP contribution in [-0.4, -0.2) is 111 Å². The van der Waals surface area contributed by atoms with Crippen LogP contribution >= 0.6 is 24.0 Å². The summed E-state index contributed by atoms with van der Waals surface area (Å²) in [6.45, 7) is 14.6. The lowest BCUT2D eigenvalue weighted by Crippen LogP contribution is -2.57. The summed E-state index contributed by atoms with van der Waals surface area (Å²) in [6.07, 6.45) is 4.35. The van der Waals surface area contributed by atoms with Crippen molar-refractivity contribution < 1.29 is 14.3 Å². The highest BCUT2D eigenvalue weighted by atomic mass is 127. The van der Waals surface area contributed by atoms with Gasteiger partial charge in [0.05, 0.1) is 19.3 Å². The van der Waals surface area contributed by atoms with Crippen LogP contribution < -0.4 is 5.32 Å². The molecule has 3 fully saturated rings. The summed E-state index contributed by atoms with van der Waals surface area (Å²) in [5, 5.41) is 3.42. The highest BCUT2D eigenvalue weighted by molar-refractivity contribution is 14.0. The van der Waals surface area contributed by atoms with Gasteiger partial charge in [0.25, 0.3) is 0 Å². The first kappa shape index (κ1) is 26.6. The van der Waals surface area contributed by atoms with Gasteiger partial charge in [0.15, 0.2) is 5.96 Å². The maximum absolute atomic E-state index is 12.7. The maximum atomic E-state index is 12.7. The van der Waals surface area contributed by atoms with Gasteiger partial charge in [0, 0.05) is 71.5 Å². The molecule has 3 saturated heterocycles. The molecule has 31 heavy (non-hydrogen) atoms. The minimum Gasteiger partial charge on any atom is -0.381 e. The van der Waals surface area contributed by atoms with Crippen LogP contribution in [0.15, 0.2) is 4.99 Å². The lowest BCUT2D eigenvalue weighted by molar-refractivity contribution is -0.135. The third-order valence-corrected chi connectivity index (χ3v) is 6.36. The van der Waals surface area contributed by atoms with Crippen LogP contribution in [0.4, 0.5) is 0 Å². The molecule has 2 atom stereocenters. The first-order valence-corrected chi connectivity index (χ1v) is 11.9. The standard InChI is InChI=1S/C22H41N5O3.HI/c1-3-23-22(24-8-6-15-29-17-20-7-16-30-18-20)27-13-11-25(12-14-27)19(2)21(28)26-9-4-5-10-26;/h19-20H,3-18H2,1-2H3,(H,23,24);1H. The highest BCUT2D eigenvalue weighted by Crippen LogP contribution is 2.14. The predicted octanol–water partition coefficient (Wildman–Crippen LogP) is 1.64. The first-order valence-electron chi connectivity index (χ1n) is 11.9. The molecule has 0 saturated carbocycles. The van der Waals surface area contributed by atoms with Gasteiger partial charge in [-0.25, -0.2) is 0 Å². The summed E-state index contributed by atoms with van der Waals surface area (Å²) in [5.41, 5.74) is 0. The fourth-order valence-corrected chi connectivity index (χ4v) is 4.42. The van der Waals surface area contributed by atoms with Crippen LogP contribution in [0, 0.1) is 5.92 Å². The molecule has 0 radical (unpaired) electrons. The van der Waals surface area contributed by atoms with E-state index in [9.17, 15) is 4.79 Å². The van der Waals surface area contributed by atoms with Crippen molar-refractivity contribution in [2.24, 2.45) is 10.9 Å². The van der Waals surface area contributed by atoms with Gasteiger partial charge in [0.2, 0.25) is 5.91 Å². The predicted molar refractivity (Wildman–Crippen MR) is 134 cm³/mol. The van der Waals surface area contributed by atoms with Gasteiger partial charge in [-0.2, -0.15) is 0 Å². The molecule has 3 aliphatic heterocycles. The minimum absolute atomic E-state index is 0. The number of hydrogen-bond donors (Lipinski definition) is 1. The number of ether oxygens (including phenoxy) is 2. The summed E-state index contributed by atoms with van der Waals surface area (Å²) in [6, 6.07) is -0.0211. The van der Waals surface area contributed by atoms with Crippen LogP contribution in [-0.2, 0) is 14.3 Å². The van der Waals surface area contributed by atoms with Crippen molar-refractivity contribution in [2.45, 2.75) is 45.6 Å². The molecule has 9 heteroatoms. The molecular formula is C22H42IN5O3. The van der Waals surface area contributed by atoms with Crippen LogP contribution in [0.25, 0.3) is 0 Å². The van der Waals surface area contributed by atoms with Gasteiger partial charge >= 0.3 is 0 Å². The average molecular weight is 552 g/mol. The Morgan fingerprint density at radius 2 is 1.90 bits per heavy atom. The summed E-state index contributed by atoms with van der Waals surface area (Å²) in [7, 11) is 0. The number of halogens is 1. The molecule has 1 amide bonds. The molecule has 0 aliphatic carbocycles. The molecule has 0 spiro atoms. The van der Waals surface area contributed by atoms with Gasteiger partial charge < -0.3 is 24.6 Å². The summed E-state index contributed by atoms with van der Waals surface area (Å²) >= 11 is 0. The molecular weight excluding hydrogens is 509 g/mol. The topological polar surface area (TPSA) is 69.6 Å². The second kappa shape index (κ2) is 14.5. The quantitative estimate of drug-likeness (QED) is 0.204. The Morgan fingerprint density at radius 3 is 2.55 bits per heavy atom. The number of piperazine rings is 1. The van der Waals surface area contributed by atoms with Crippen molar-refractivity contribution in [1.82, 2.24) is 20.0 Å². The van der Waals surface area contributed by atoms with Crippen LogP contribution in [0.2, 0.25) is 0 Å². The smallest absolute Gasteiger partial charge is 0.239 e. The zero-order chi connectivity index (χ0) is 21.2. The highest BCUT2D eigenvalue weighted by Gasteiger charge is 2.30. The third-order valence-electron chi connectivity index (χ3n) is 6.36. The van der Waals surface area contributed by atoms with Crippen molar-refractivity contribution in [3.8, 4) is 0 Å². The number of nitrogens with one attached hydrogen (secondary N) is 1.